The zero-order valence-electron chi connectivity index (χ0n) is 12.1. The van der Waals surface area contributed by atoms with E-state index >= 15 is 0 Å². The molecule has 1 aromatic rings. The van der Waals surface area contributed by atoms with Crippen molar-refractivity contribution in [2.75, 3.05) is 6.61 Å². The van der Waals surface area contributed by atoms with Crippen LogP contribution in [-0.2, 0) is 16.8 Å². The van der Waals surface area contributed by atoms with Crippen molar-refractivity contribution < 1.29 is 14.4 Å². The van der Waals surface area contributed by atoms with Crippen molar-refractivity contribution in [1.29, 1.82) is 0 Å². The van der Waals surface area contributed by atoms with E-state index in [4.69, 9.17) is 9.26 Å². The third kappa shape index (κ3) is 3.54. The molecule has 0 spiro atoms. The molecule has 0 aromatic carbocycles. The van der Waals surface area contributed by atoms with E-state index < -0.39 is 5.60 Å². The predicted molar refractivity (Wildman–Crippen MR) is 70.6 cm³/mol. The third-order valence-electron chi connectivity index (χ3n) is 3.84. The van der Waals surface area contributed by atoms with Gasteiger partial charge in [0.15, 0.2) is 0 Å². The van der Waals surface area contributed by atoms with Gasteiger partial charge >= 0.3 is 0 Å². The van der Waals surface area contributed by atoms with Crippen molar-refractivity contribution in [3.63, 3.8) is 0 Å². The van der Waals surface area contributed by atoms with Crippen molar-refractivity contribution in [2.24, 2.45) is 5.92 Å². The monoisotopic (exact) mass is 268 g/mol. The summed E-state index contributed by atoms with van der Waals surface area (Å²) < 4.78 is 10.8. The highest BCUT2D eigenvalue weighted by Crippen LogP contribution is 2.29. The summed E-state index contributed by atoms with van der Waals surface area (Å²) in [7, 11) is 0. The second-order valence-corrected chi connectivity index (χ2v) is 5.77. The maximum Gasteiger partial charge on any atom is 0.229 e. The molecule has 1 aliphatic carbocycles. The van der Waals surface area contributed by atoms with Crippen molar-refractivity contribution in [3.8, 4) is 0 Å². The Bertz CT molecular complexity index is 397. The van der Waals surface area contributed by atoms with Crippen molar-refractivity contribution in [1.82, 2.24) is 10.1 Å². The van der Waals surface area contributed by atoms with Crippen LogP contribution in [0.4, 0.5) is 0 Å². The molecule has 5 nitrogen and oxygen atoms in total. The van der Waals surface area contributed by atoms with Gasteiger partial charge in [0, 0.05) is 6.61 Å². The van der Waals surface area contributed by atoms with Crippen LogP contribution in [0.5, 0.6) is 0 Å². The summed E-state index contributed by atoms with van der Waals surface area (Å²) in [5.74, 6) is 1.43. The zero-order valence-corrected chi connectivity index (χ0v) is 12.1. The van der Waals surface area contributed by atoms with E-state index in [0.29, 0.717) is 30.7 Å². The lowest BCUT2D eigenvalue weighted by Gasteiger charge is -2.19. The minimum atomic E-state index is -0.547. The number of aromatic nitrogens is 2. The predicted octanol–water partition coefficient (Wildman–Crippen LogP) is 2.43. The lowest BCUT2D eigenvalue weighted by Crippen LogP contribution is -2.24. The second kappa shape index (κ2) is 6.01. The molecule has 1 fully saturated rings. The van der Waals surface area contributed by atoms with Crippen LogP contribution in [0.25, 0.3) is 0 Å². The first-order chi connectivity index (χ1) is 9.03. The third-order valence-corrected chi connectivity index (χ3v) is 3.84. The van der Waals surface area contributed by atoms with E-state index in [1.54, 1.807) is 0 Å². The highest BCUT2D eigenvalue weighted by Gasteiger charge is 2.29. The van der Waals surface area contributed by atoms with Gasteiger partial charge < -0.3 is 14.4 Å². The number of rotatable bonds is 6. The standard InChI is InChI=1S/C14H24N2O3/c1-4-18-14(2,3)13-15-12(19-16-13)9-11(17)10-7-5-6-8-10/h10-11,17H,4-9H2,1-3H3. The van der Waals surface area contributed by atoms with Gasteiger partial charge in [-0.3, -0.25) is 0 Å². The van der Waals surface area contributed by atoms with Crippen LogP contribution < -0.4 is 0 Å². The fraction of sp³-hybridized carbons (Fsp3) is 0.857. The van der Waals surface area contributed by atoms with Crippen LogP contribution in [0, 0.1) is 5.92 Å². The Morgan fingerprint density at radius 1 is 1.42 bits per heavy atom. The van der Waals surface area contributed by atoms with Gasteiger partial charge in [0.1, 0.15) is 5.60 Å². The van der Waals surface area contributed by atoms with Gasteiger partial charge in [-0.05, 0) is 39.5 Å². The Balaban J connectivity index is 1.96. The van der Waals surface area contributed by atoms with Gasteiger partial charge in [-0.1, -0.05) is 18.0 Å². The first kappa shape index (κ1) is 14.5. The number of nitrogens with zero attached hydrogens (tertiary/aromatic N) is 2. The average Bonchev–Trinajstić information content (AvgIpc) is 2.99. The Labute approximate surface area is 114 Å². The zero-order chi connectivity index (χ0) is 13.9. The molecule has 0 bridgehead atoms. The number of aliphatic hydroxyl groups excluding tert-OH is 1. The van der Waals surface area contributed by atoms with Crippen molar-refractivity contribution in [3.05, 3.63) is 11.7 Å². The number of hydrogen-bond acceptors (Lipinski definition) is 5. The molecular weight excluding hydrogens is 244 g/mol. The molecule has 0 aliphatic heterocycles. The summed E-state index contributed by atoms with van der Waals surface area (Å²) >= 11 is 0. The first-order valence-corrected chi connectivity index (χ1v) is 7.18. The lowest BCUT2D eigenvalue weighted by molar-refractivity contribution is -0.0221. The van der Waals surface area contributed by atoms with Crippen LogP contribution >= 0.6 is 0 Å². The van der Waals surface area contributed by atoms with E-state index in [1.165, 1.54) is 12.8 Å². The summed E-state index contributed by atoms with van der Waals surface area (Å²) in [6.45, 7) is 6.37. The van der Waals surface area contributed by atoms with Crippen LogP contribution in [0.1, 0.15) is 58.2 Å². The number of aliphatic hydroxyl groups is 1. The molecule has 1 N–H and O–H groups in total. The van der Waals surface area contributed by atoms with Crippen molar-refractivity contribution >= 4 is 0 Å². The van der Waals surface area contributed by atoms with Crippen molar-refractivity contribution in [2.45, 2.75) is 64.6 Å². The maximum atomic E-state index is 10.2. The molecule has 5 heteroatoms. The van der Waals surface area contributed by atoms with E-state index in [9.17, 15) is 5.11 Å². The maximum absolute atomic E-state index is 10.2. The smallest absolute Gasteiger partial charge is 0.229 e. The molecular formula is C14H24N2O3. The van der Waals surface area contributed by atoms with Gasteiger partial charge in [0.25, 0.3) is 0 Å². The minimum absolute atomic E-state index is 0.369. The summed E-state index contributed by atoms with van der Waals surface area (Å²) in [6.07, 6.45) is 4.72. The summed E-state index contributed by atoms with van der Waals surface area (Å²) in [5, 5.41) is 14.1. The quantitative estimate of drug-likeness (QED) is 0.858. The summed E-state index contributed by atoms with van der Waals surface area (Å²) in [5.41, 5.74) is -0.547. The van der Waals surface area contributed by atoms with Crippen LogP contribution in [0.3, 0.4) is 0 Å². The number of ether oxygens (including phenoxy) is 1. The molecule has 19 heavy (non-hydrogen) atoms. The number of hydrogen-bond donors (Lipinski definition) is 1. The van der Waals surface area contributed by atoms with Crippen LogP contribution in [-0.4, -0.2) is 28.0 Å². The molecule has 0 radical (unpaired) electrons. The first-order valence-electron chi connectivity index (χ1n) is 7.18. The fourth-order valence-electron chi connectivity index (χ4n) is 2.70. The molecule has 1 unspecified atom stereocenters. The molecule has 2 rings (SSSR count). The van der Waals surface area contributed by atoms with Crippen LogP contribution in [0.2, 0.25) is 0 Å². The van der Waals surface area contributed by atoms with E-state index in [-0.39, 0.29) is 6.10 Å². The topological polar surface area (TPSA) is 68.4 Å². The van der Waals surface area contributed by atoms with Gasteiger partial charge in [-0.25, -0.2) is 0 Å². The molecule has 108 valence electrons. The van der Waals surface area contributed by atoms with Gasteiger partial charge in [0.05, 0.1) is 12.5 Å². The van der Waals surface area contributed by atoms with E-state index in [0.717, 1.165) is 12.8 Å². The summed E-state index contributed by atoms with van der Waals surface area (Å²) in [6, 6.07) is 0. The van der Waals surface area contributed by atoms with Gasteiger partial charge in [-0.15, -0.1) is 0 Å². The SMILES string of the molecule is CCOC(C)(C)c1noc(CC(O)C2CCCC2)n1. The lowest BCUT2D eigenvalue weighted by atomic mass is 9.98. The highest BCUT2D eigenvalue weighted by atomic mass is 16.5. The molecule has 1 saturated carbocycles. The normalized spacial score (nSPS) is 18.9. The summed E-state index contributed by atoms with van der Waals surface area (Å²) in [4.78, 5) is 4.35. The Kier molecular flexibility index (Phi) is 4.58. The Morgan fingerprint density at radius 3 is 2.74 bits per heavy atom. The largest absolute Gasteiger partial charge is 0.392 e. The van der Waals surface area contributed by atoms with E-state index in [2.05, 4.69) is 10.1 Å². The molecule has 1 atom stereocenters. The average molecular weight is 268 g/mol. The molecule has 0 amide bonds. The Hall–Kier alpha value is -0.940. The van der Waals surface area contributed by atoms with Gasteiger partial charge in [0.2, 0.25) is 11.7 Å². The Morgan fingerprint density at radius 2 is 2.11 bits per heavy atom. The molecule has 1 heterocycles. The van der Waals surface area contributed by atoms with Crippen LogP contribution in [0.15, 0.2) is 4.52 Å². The molecule has 1 aromatic heterocycles. The fourth-order valence-corrected chi connectivity index (χ4v) is 2.70. The van der Waals surface area contributed by atoms with Gasteiger partial charge in [-0.2, -0.15) is 4.98 Å². The minimum Gasteiger partial charge on any atom is -0.392 e. The molecule has 1 aliphatic rings. The van der Waals surface area contributed by atoms with E-state index in [1.807, 2.05) is 20.8 Å². The highest BCUT2D eigenvalue weighted by molar-refractivity contribution is 4.98. The second-order valence-electron chi connectivity index (χ2n) is 5.77. The molecule has 0 saturated heterocycles.